The Morgan fingerprint density at radius 2 is 1.61 bits per heavy atom. The minimum atomic E-state index is -3.78. The molecule has 0 radical (unpaired) electrons. The van der Waals surface area contributed by atoms with Crippen LogP contribution in [0.2, 0.25) is 0 Å². The first-order chi connectivity index (χ1) is 13.5. The molecule has 2 aromatic carbocycles. The fourth-order valence-electron chi connectivity index (χ4n) is 2.23. The molecule has 0 fully saturated rings. The zero-order valence-electron chi connectivity index (χ0n) is 15.2. The predicted octanol–water partition coefficient (Wildman–Crippen LogP) is 3.05. The lowest BCUT2D eigenvalue weighted by Gasteiger charge is -2.07. The van der Waals surface area contributed by atoms with Gasteiger partial charge in [-0.1, -0.05) is 12.1 Å². The lowest BCUT2D eigenvalue weighted by atomic mass is 10.2. The maximum atomic E-state index is 12.5. The van der Waals surface area contributed by atoms with Gasteiger partial charge in [-0.2, -0.15) is 0 Å². The largest absolute Gasteiger partial charge is 0.497 e. The lowest BCUT2D eigenvalue weighted by Crippen LogP contribution is -2.14. The molecule has 9 heteroatoms. The number of ether oxygens (including phenoxy) is 2. The molecule has 28 heavy (non-hydrogen) atoms. The highest BCUT2D eigenvalue weighted by Gasteiger charge is 2.15. The number of hydrogen-bond donors (Lipinski definition) is 1. The molecular formula is C19H18N4O4S. The van der Waals surface area contributed by atoms with Crippen LogP contribution in [0.15, 0.2) is 70.6 Å². The van der Waals surface area contributed by atoms with E-state index in [-0.39, 0.29) is 10.7 Å². The molecule has 0 saturated carbocycles. The molecule has 1 N–H and O–H groups in total. The van der Waals surface area contributed by atoms with Crippen molar-refractivity contribution in [3.05, 3.63) is 66.2 Å². The number of benzene rings is 2. The van der Waals surface area contributed by atoms with Crippen molar-refractivity contribution < 1.29 is 17.9 Å². The molecule has 0 aliphatic heterocycles. The number of sulfonamides is 1. The molecule has 8 nitrogen and oxygen atoms in total. The van der Waals surface area contributed by atoms with Crippen LogP contribution >= 0.6 is 0 Å². The van der Waals surface area contributed by atoms with Gasteiger partial charge in [-0.15, -0.1) is 10.2 Å². The van der Waals surface area contributed by atoms with Crippen molar-refractivity contribution in [2.45, 2.75) is 4.90 Å². The number of nitrogens with zero attached hydrogens (tertiary/aromatic N) is 3. The van der Waals surface area contributed by atoms with Gasteiger partial charge in [-0.25, -0.2) is 8.42 Å². The average Bonchev–Trinajstić information content (AvgIpc) is 2.73. The lowest BCUT2D eigenvalue weighted by molar-refractivity contribution is 0.392. The van der Waals surface area contributed by atoms with Crippen LogP contribution in [-0.2, 0) is 10.0 Å². The quantitative estimate of drug-likeness (QED) is 0.614. The molecule has 1 aromatic heterocycles. The van der Waals surface area contributed by atoms with E-state index in [1.165, 1.54) is 31.4 Å². The van der Waals surface area contributed by atoms with Crippen LogP contribution < -0.4 is 14.2 Å². The zero-order chi connectivity index (χ0) is 20.0. The van der Waals surface area contributed by atoms with Gasteiger partial charge in [0.05, 0.1) is 24.8 Å². The van der Waals surface area contributed by atoms with Crippen LogP contribution in [0.25, 0.3) is 0 Å². The van der Waals surface area contributed by atoms with Crippen molar-refractivity contribution in [3.63, 3.8) is 0 Å². The summed E-state index contributed by atoms with van der Waals surface area (Å²) in [5.41, 5.74) is 1.52. The number of hydrogen-bond acceptors (Lipinski definition) is 7. The number of methoxy groups -OCH3 is 2. The molecule has 1 heterocycles. The van der Waals surface area contributed by atoms with E-state index in [4.69, 9.17) is 9.47 Å². The second kappa shape index (κ2) is 8.49. The second-order valence-electron chi connectivity index (χ2n) is 5.59. The first-order valence-corrected chi connectivity index (χ1v) is 9.67. The SMILES string of the molecule is COc1ccc(N=Cc2ccc(S(=O)(=O)Nc3ccc(OC)nn3)cc2)cc1. The minimum absolute atomic E-state index is 0.103. The molecule has 0 unspecified atom stereocenters. The molecule has 0 spiro atoms. The Morgan fingerprint density at radius 3 is 2.18 bits per heavy atom. The van der Waals surface area contributed by atoms with E-state index in [2.05, 4.69) is 19.9 Å². The van der Waals surface area contributed by atoms with Gasteiger partial charge >= 0.3 is 0 Å². The predicted molar refractivity (Wildman–Crippen MR) is 106 cm³/mol. The van der Waals surface area contributed by atoms with Gasteiger partial charge in [0, 0.05) is 12.3 Å². The molecule has 3 rings (SSSR count). The van der Waals surface area contributed by atoms with Crippen LogP contribution in [0.1, 0.15) is 5.56 Å². The van der Waals surface area contributed by atoms with E-state index < -0.39 is 10.0 Å². The summed E-state index contributed by atoms with van der Waals surface area (Å²) in [6.45, 7) is 0. The molecule has 144 valence electrons. The Morgan fingerprint density at radius 1 is 0.893 bits per heavy atom. The van der Waals surface area contributed by atoms with E-state index in [1.807, 2.05) is 24.3 Å². The summed E-state index contributed by atoms with van der Waals surface area (Å²) >= 11 is 0. The number of aliphatic imine (C=N–C) groups is 1. The van der Waals surface area contributed by atoms with Gasteiger partial charge in [0.2, 0.25) is 5.88 Å². The molecule has 3 aromatic rings. The van der Waals surface area contributed by atoms with Gasteiger partial charge in [-0.3, -0.25) is 9.71 Å². The standard InChI is InChI=1S/C19H18N4O4S/c1-26-16-7-5-15(6-8-16)20-13-14-3-9-17(10-4-14)28(24,25)23-18-11-12-19(27-2)22-21-18/h3-13H,1-2H3,(H,21,23). The minimum Gasteiger partial charge on any atom is -0.497 e. The Bertz CT molecular complexity index is 1050. The Labute approximate surface area is 162 Å². The Hall–Kier alpha value is -3.46. The van der Waals surface area contributed by atoms with Crippen LogP contribution in [0, 0.1) is 0 Å². The monoisotopic (exact) mass is 398 g/mol. The Balaban J connectivity index is 1.70. The van der Waals surface area contributed by atoms with Crippen LogP contribution in [0.3, 0.4) is 0 Å². The van der Waals surface area contributed by atoms with Crippen molar-refractivity contribution in [2.75, 3.05) is 18.9 Å². The molecule has 0 saturated heterocycles. The van der Waals surface area contributed by atoms with Crippen molar-refractivity contribution >= 4 is 27.7 Å². The third-order valence-corrected chi connectivity index (χ3v) is 5.08. The molecule has 0 amide bonds. The van der Waals surface area contributed by atoms with Crippen LogP contribution in [0.4, 0.5) is 11.5 Å². The van der Waals surface area contributed by atoms with E-state index in [1.54, 1.807) is 25.5 Å². The van der Waals surface area contributed by atoms with Crippen molar-refractivity contribution in [1.29, 1.82) is 0 Å². The van der Waals surface area contributed by atoms with E-state index >= 15 is 0 Å². The summed E-state index contributed by atoms with van der Waals surface area (Å²) < 4.78 is 37.3. The second-order valence-corrected chi connectivity index (χ2v) is 7.27. The van der Waals surface area contributed by atoms with E-state index in [0.717, 1.165) is 17.0 Å². The normalized spacial score (nSPS) is 11.4. The number of aromatic nitrogens is 2. The van der Waals surface area contributed by atoms with Gasteiger partial charge in [0.15, 0.2) is 5.82 Å². The highest BCUT2D eigenvalue weighted by Crippen LogP contribution is 2.18. The first-order valence-electron chi connectivity index (χ1n) is 8.19. The maximum Gasteiger partial charge on any atom is 0.263 e. The molecular weight excluding hydrogens is 380 g/mol. The number of anilines is 1. The third-order valence-electron chi connectivity index (χ3n) is 3.71. The van der Waals surface area contributed by atoms with Crippen molar-refractivity contribution in [3.8, 4) is 11.6 Å². The first kappa shape index (κ1) is 19.3. The van der Waals surface area contributed by atoms with Crippen molar-refractivity contribution in [1.82, 2.24) is 10.2 Å². The molecule has 0 aliphatic carbocycles. The summed E-state index contributed by atoms with van der Waals surface area (Å²) in [6, 6.07) is 16.6. The number of rotatable bonds is 7. The smallest absolute Gasteiger partial charge is 0.263 e. The molecule has 0 bridgehead atoms. The van der Waals surface area contributed by atoms with E-state index in [0.29, 0.717) is 5.88 Å². The summed E-state index contributed by atoms with van der Waals surface area (Å²) in [5, 5.41) is 7.49. The van der Waals surface area contributed by atoms with Crippen LogP contribution in [-0.4, -0.2) is 39.0 Å². The number of nitrogens with one attached hydrogen (secondary N) is 1. The van der Waals surface area contributed by atoms with Gasteiger partial charge in [0.25, 0.3) is 10.0 Å². The molecule has 0 atom stereocenters. The summed E-state index contributed by atoms with van der Waals surface area (Å²) in [6.07, 6.45) is 1.65. The molecule has 0 aliphatic rings. The summed E-state index contributed by atoms with van der Waals surface area (Å²) in [5.74, 6) is 1.15. The fourth-order valence-corrected chi connectivity index (χ4v) is 3.23. The summed E-state index contributed by atoms with van der Waals surface area (Å²) in [4.78, 5) is 4.46. The topological polar surface area (TPSA) is 103 Å². The fraction of sp³-hybridized carbons (Fsp3) is 0.105. The zero-order valence-corrected chi connectivity index (χ0v) is 16.1. The van der Waals surface area contributed by atoms with Crippen LogP contribution in [0.5, 0.6) is 11.6 Å². The maximum absolute atomic E-state index is 12.5. The highest BCUT2D eigenvalue weighted by molar-refractivity contribution is 7.92. The average molecular weight is 398 g/mol. The van der Waals surface area contributed by atoms with Gasteiger partial charge in [-0.05, 0) is 48.0 Å². The van der Waals surface area contributed by atoms with E-state index in [9.17, 15) is 8.42 Å². The summed E-state index contributed by atoms with van der Waals surface area (Å²) in [7, 11) is -0.723. The van der Waals surface area contributed by atoms with Gasteiger partial charge < -0.3 is 9.47 Å². The van der Waals surface area contributed by atoms with Crippen molar-refractivity contribution in [2.24, 2.45) is 4.99 Å². The Kier molecular flexibility index (Phi) is 5.85. The van der Waals surface area contributed by atoms with Gasteiger partial charge in [0.1, 0.15) is 5.75 Å². The highest BCUT2D eigenvalue weighted by atomic mass is 32.2. The third kappa shape index (κ3) is 4.83.